The molecule has 1 heterocycles. The fourth-order valence-electron chi connectivity index (χ4n) is 2.44. The van der Waals surface area contributed by atoms with Gasteiger partial charge < -0.3 is 9.47 Å². The van der Waals surface area contributed by atoms with Gasteiger partial charge in [0.25, 0.3) is 0 Å². The molecular formula is C17H24O2. The Morgan fingerprint density at radius 2 is 2.00 bits per heavy atom. The largest absolute Gasteiger partial charge is 0.501 e. The molecule has 0 radical (unpaired) electrons. The van der Waals surface area contributed by atoms with E-state index >= 15 is 0 Å². The van der Waals surface area contributed by atoms with Crippen LogP contribution in [0.25, 0.3) is 5.57 Å². The standard InChI is InChI=1S/C17H24O2/c1-15(17-7-3-2-4-8-17)14-19-11-5-6-16-9-12-18-13-10-16/h2-4,7-8,14,16H,5-6,9-13H2,1H3/b15-14-. The molecule has 1 saturated heterocycles. The van der Waals surface area contributed by atoms with Crippen molar-refractivity contribution in [2.45, 2.75) is 32.6 Å². The number of rotatable bonds is 6. The SMILES string of the molecule is C/C(=C/OCCCC1CCOCC1)c1ccccc1. The third kappa shape index (κ3) is 5.07. The fraction of sp³-hybridized carbons (Fsp3) is 0.529. The summed E-state index contributed by atoms with van der Waals surface area (Å²) in [4.78, 5) is 0. The smallest absolute Gasteiger partial charge is 0.0873 e. The van der Waals surface area contributed by atoms with Gasteiger partial charge in [0, 0.05) is 13.2 Å². The second-order valence-electron chi connectivity index (χ2n) is 5.24. The van der Waals surface area contributed by atoms with Crippen molar-refractivity contribution in [3.8, 4) is 0 Å². The van der Waals surface area contributed by atoms with Gasteiger partial charge in [-0.15, -0.1) is 0 Å². The van der Waals surface area contributed by atoms with Crippen molar-refractivity contribution in [1.29, 1.82) is 0 Å². The Labute approximate surface area is 116 Å². The van der Waals surface area contributed by atoms with E-state index in [1.165, 1.54) is 30.4 Å². The third-order valence-corrected chi connectivity index (χ3v) is 3.70. The molecule has 1 fully saturated rings. The average molecular weight is 260 g/mol. The van der Waals surface area contributed by atoms with Gasteiger partial charge in [-0.05, 0) is 49.7 Å². The zero-order chi connectivity index (χ0) is 13.3. The summed E-state index contributed by atoms with van der Waals surface area (Å²) in [6, 6.07) is 10.4. The van der Waals surface area contributed by atoms with Gasteiger partial charge in [0.2, 0.25) is 0 Å². The minimum Gasteiger partial charge on any atom is -0.501 e. The lowest BCUT2D eigenvalue weighted by molar-refractivity contribution is 0.0613. The summed E-state index contributed by atoms with van der Waals surface area (Å²) < 4.78 is 11.0. The van der Waals surface area contributed by atoms with Crippen molar-refractivity contribution in [2.24, 2.45) is 5.92 Å². The fourth-order valence-corrected chi connectivity index (χ4v) is 2.44. The normalized spacial score (nSPS) is 17.4. The Balaban J connectivity index is 1.63. The predicted molar refractivity (Wildman–Crippen MR) is 78.8 cm³/mol. The first kappa shape index (κ1) is 14.1. The van der Waals surface area contributed by atoms with Crippen LogP contribution in [-0.4, -0.2) is 19.8 Å². The molecule has 1 aromatic rings. The lowest BCUT2D eigenvalue weighted by atomic mass is 9.95. The molecule has 0 amide bonds. The molecule has 0 aliphatic carbocycles. The quantitative estimate of drug-likeness (QED) is 0.561. The van der Waals surface area contributed by atoms with Crippen molar-refractivity contribution in [1.82, 2.24) is 0 Å². The van der Waals surface area contributed by atoms with E-state index in [2.05, 4.69) is 31.2 Å². The van der Waals surface area contributed by atoms with E-state index in [1.54, 1.807) is 0 Å². The maximum absolute atomic E-state index is 5.65. The minimum absolute atomic E-state index is 0.821. The Hall–Kier alpha value is -1.28. The van der Waals surface area contributed by atoms with Gasteiger partial charge in [0.1, 0.15) is 0 Å². The Kier molecular flexibility index (Phi) is 5.96. The Morgan fingerprint density at radius 3 is 2.74 bits per heavy atom. The molecule has 0 aromatic heterocycles. The third-order valence-electron chi connectivity index (χ3n) is 3.70. The number of ether oxygens (including phenoxy) is 2. The van der Waals surface area contributed by atoms with Gasteiger partial charge in [0.15, 0.2) is 0 Å². The molecule has 104 valence electrons. The van der Waals surface area contributed by atoms with Crippen LogP contribution in [0.5, 0.6) is 0 Å². The summed E-state index contributed by atoms with van der Waals surface area (Å²) in [6.07, 6.45) is 6.74. The topological polar surface area (TPSA) is 18.5 Å². The summed E-state index contributed by atoms with van der Waals surface area (Å²) in [5.41, 5.74) is 2.42. The van der Waals surface area contributed by atoms with Gasteiger partial charge in [-0.25, -0.2) is 0 Å². The summed E-state index contributed by atoms with van der Waals surface area (Å²) in [7, 11) is 0. The van der Waals surface area contributed by atoms with E-state index in [4.69, 9.17) is 9.47 Å². The van der Waals surface area contributed by atoms with Crippen LogP contribution in [0.2, 0.25) is 0 Å². The molecule has 0 saturated carbocycles. The lowest BCUT2D eigenvalue weighted by Gasteiger charge is -2.21. The molecule has 2 nitrogen and oxygen atoms in total. The van der Waals surface area contributed by atoms with Crippen LogP contribution in [0.3, 0.4) is 0 Å². The number of allylic oxidation sites excluding steroid dienone is 1. The monoisotopic (exact) mass is 260 g/mol. The van der Waals surface area contributed by atoms with Crippen molar-refractivity contribution < 1.29 is 9.47 Å². The average Bonchev–Trinajstić information content (AvgIpc) is 2.49. The minimum atomic E-state index is 0.821. The molecule has 2 rings (SSSR count). The molecule has 1 aliphatic heterocycles. The Morgan fingerprint density at radius 1 is 1.26 bits per heavy atom. The number of hydrogen-bond acceptors (Lipinski definition) is 2. The molecule has 19 heavy (non-hydrogen) atoms. The molecule has 0 unspecified atom stereocenters. The maximum Gasteiger partial charge on any atom is 0.0873 e. The molecule has 0 atom stereocenters. The van der Waals surface area contributed by atoms with E-state index in [1.807, 2.05) is 12.3 Å². The van der Waals surface area contributed by atoms with Crippen molar-refractivity contribution in [3.63, 3.8) is 0 Å². The molecular weight excluding hydrogens is 236 g/mol. The van der Waals surface area contributed by atoms with Gasteiger partial charge >= 0.3 is 0 Å². The van der Waals surface area contributed by atoms with E-state index in [9.17, 15) is 0 Å². The van der Waals surface area contributed by atoms with Gasteiger partial charge in [0.05, 0.1) is 12.9 Å². The van der Waals surface area contributed by atoms with Crippen LogP contribution in [0, 0.1) is 5.92 Å². The van der Waals surface area contributed by atoms with E-state index in [0.29, 0.717) is 0 Å². The molecule has 0 bridgehead atoms. The first-order valence-corrected chi connectivity index (χ1v) is 7.28. The lowest BCUT2D eigenvalue weighted by Crippen LogP contribution is -2.15. The van der Waals surface area contributed by atoms with Crippen LogP contribution >= 0.6 is 0 Å². The molecule has 0 spiro atoms. The zero-order valence-corrected chi connectivity index (χ0v) is 11.8. The highest BCUT2D eigenvalue weighted by atomic mass is 16.5. The first-order valence-electron chi connectivity index (χ1n) is 7.28. The highest BCUT2D eigenvalue weighted by Gasteiger charge is 2.12. The maximum atomic E-state index is 5.65. The highest BCUT2D eigenvalue weighted by Crippen LogP contribution is 2.20. The number of hydrogen-bond donors (Lipinski definition) is 0. The second kappa shape index (κ2) is 8.00. The first-order chi connectivity index (χ1) is 9.36. The van der Waals surface area contributed by atoms with Gasteiger partial charge in [-0.2, -0.15) is 0 Å². The summed E-state index contributed by atoms with van der Waals surface area (Å²) in [5, 5.41) is 0. The summed E-state index contributed by atoms with van der Waals surface area (Å²) in [5.74, 6) is 0.844. The Bertz CT molecular complexity index is 378. The van der Waals surface area contributed by atoms with Crippen molar-refractivity contribution in [3.05, 3.63) is 42.2 Å². The van der Waals surface area contributed by atoms with Gasteiger partial charge in [-0.3, -0.25) is 0 Å². The van der Waals surface area contributed by atoms with Crippen LogP contribution in [0.4, 0.5) is 0 Å². The summed E-state index contributed by atoms with van der Waals surface area (Å²) >= 11 is 0. The van der Waals surface area contributed by atoms with E-state index in [-0.39, 0.29) is 0 Å². The molecule has 1 aliphatic rings. The highest BCUT2D eigenvalue weighted by molar-refractivity contribution is 5.62. The molecule has 0 N–H and O–H groups in total. The van der Waals surface area contributed by atoms with Crippen LogP contribution in [0.1, 0.15) is 38.2 Å². The molecule has 2 heteroatoms. The zero-order valence-electron chi connectivity index (χ0n) is 11.8. The van der Waals surface area contributed by atoms with Crippen LogP contribution < -0.4 is 0 Å². The van der Waals surface area contributed by atoms with E-state index in [0.717, 1.165) is 32.2 Å². The van der Waals surface area contributed by atoms with E-state index < -0.39 is 0 Å². The van der Waals surface area contributed by atoms with Crippen molar-refractivity contribution in [2.75, 3.05) is 19.8 Å². The van der Waals surface area contributed by atoms with Gasteiger partial charge in [-0.1, -0.05) is 30.3 Å². The summed E-state index contributed by atoms with van der Waals surface area (Å²) in [6.45, 7) is 4.80. The van der Waals surface area contributed by atoms with Crippen LogP contribution in [-0.2, 0) is 9.47 Å². The predicted octanol–water partition coefficient (Wildman–Crippen LogP) is 4.27. The van der Waals surface area contributed by atoms with Crippen molar-refractivity contribution >= 4 is 5.57 Å². The van der Waals surface area contributed by atoms with Crippen LogP contribution in [0.15, 0.2) is 36.6 Å². The molecule has 1 aromatic carbocycles. The number of benzene rings is 1. The second-order valence-corrected chi connectivity index (χ2v) is 5.24.